The summed E-state index contributed by atoms with van der Waals surface area (Å²) >= 11 is 0. The van der Waals surface area contributed by atoms with Gasteiger partial charge >= 0.3 is 0 Å². The number of nitrogens with one attached hydrogen (secondary N) is 1. The maximum atomic E-state index is 12.6. The summed E-state index contributed by atoms with van der Waals surface area (Å²) in [5.41, 5.74) is 2.92. The molecule has 2 aromatic heterocycles. The molecule has 8 heteroatoms. The number of rotatable bonds is 1. The highest BCUT2D eigenvalue weighted by molar-refractivity contribution is 5.81. The first-order valence-electron chi connectivity index (χ1n) is 9.77. The molecule has 1 aliphatic carbocycles. The minimum absolute atomic E-state index is 0.149. The van der Waals surface area contributed by atoms with Crippen molar-refractivity contribution < 1.29 is 9.53 Å². The second-order valence-corrected chi connectivity index (χ2v) is 7.34. The molecule has 0 saturated heterocycles. The second-order valence-electron chi connectivity index (χ2n) is 7.34. The molecule has 0 radical (unpaired) electrons. The smallest absolute Gasteiger partial charge is 0.225 e. The van der Waals surface area contributed by atoms with Crippen LogP contribution in [-0.2, 0) is 4.79 Å². The van der Waals surface area contributed by atoms with Crippen LogP contribution in [0.25, 0.3) is 16.8 Å². The Balaban J connectivity index is 1.55. The molecule has 1 aromatic carbocycles. The number of amides is 1. The summed E-state index contributed by atoms with van der Waals surface area (Å²) in [6.07, 6.45) is 5.55. The highest BCUT2D eigenvalue weighted by Crippen LogP contribution is 2.32. The Kier molecular flexibility index (Phi) is 4.28. The number of nitriles is 1. The van der Waals surface area contributed by atoms with E-state index in [0.29, 0.717) is 43.2 Å². The Morgan fingerprint density at radius 1 is 1.28 bits per heavy atom. The lowest BCUT2D eigenvalue weighted by molar-refractivity contribution is -0.132. The average molecular weight is 388 g/mol. The third-order valence-corrected chi connectivity index (χ3v) is 5.33. The molecule has 1 N–H and O–H groups in total. The van der Waals surface area contributed by atoms with E-state index in [1.54, 1.807) is 16.8 Å². The highest BCUT2D eigenvalue weighted by atomic mass is 16.5. The van der Waals surface area contributed by atoms with Crippen molar-refractivity contribution >= 4 is 17.4 Å². The van der Waals surface area contributed by atoms with Gasteiger partial charge in [-0.2, -0.15) is 10.4 Å². The Bertz CT molecular complexity index is 1130. The average Bonchev–Trinajstić information content (AvgIpc) is 3.51. The lowest BCUT2D eigenvalue weighted by Gasteiger charge is -2.23. The zero-order valence-corrected chi connectivity index (χ0v) is 15.8. The summed E-state index contributed by atoms with van der Waals surface area (Å²) in [5.74, 6) is 1.57. The molecule has 3 aromatic rings. The van der Waals surface area contributed by atoms with E-state index in [-0.39, 0.29) is 11.8 Å². The van der Waals surface area contributed by atoms with E-state index in [4.69, 9.17) is 9.72 Å². The Hall–Kier alpha value is -3.60. The van der Waals surface area contributed by atoms with Crippen LogP contribution in [-0.4, -0.2) is 51.6 Å². The van der Waals surface area contributed by atoms with Crippen molar-refractivity contribution in [2.75, 3.05) is 31.6 Å². The largest absolute Gasteiger partial charge is 0.490 e. The quantitative estimate of drug-likeness (QED) is 0.687. The predicted molar refractivity (Wildman–Crippen MR) is 106 cm³/mol. The zero-order valence-electron chi connectivity index (χ0n) is 15.8. The number of aromatic nitrogens is 3. The first-order valence-corrected chi connectivity index (χ1v) is 9.77. The predicted octanol–water partition coefficient (Wildman–Crippen LogP) is 2.31. The third kappa shape index (κ3) is 3.36. The molecule has 0 atom stereocenters. The molecular weight excluding hydrogens is 368 g/mol. The number of fused-ring (bicyclic) bond motifs is 4. The molecule has 0 unspecified atom stereocenters. The molecular formula is C21H20N6O2. The van der Waals surface area contributed by atoms with Crippen molar-refractivity contribution in [2.24, 2.45) is 5.92 Å². The standard InChI is InChI=1S/C21H20N6O2/c22-12-16-4-3-15-11-18(16)29-10-9-26(21(28)14-1-2-14)8-6-23-19-5-7-27-20(25-19)17(15)13-24-27/h3-5,7,11,13-14H,1-2,6,8-10H2,(H,23,25). The molecule has 2 aliphatic rings. The summed E-state index contributed by atoms with van der Waals surface area (Å²) in [7, 11) is 0. The van der Waals surface area contributed by atoms with Gasteiger partial charge in [0.2, 0.25) is 5.91 Å². The van der Waals surface area contributed by atoms with Gasteiger partial charge in [-0.3, -0.25) is 4.79 Å². The number of benzene rings is 1. The first-order chi connectivity index (χ1) is 14.2. The van der Waals surface area contributed by atoms with E-state index in [1.807, 2.05) is 29.3 Å². The first kappa shape index (κ1) is 17.5. The molecule has 8 nitrogen and oxygen atoms in total. The molecule has 146 valence electrons. The topological polar surface area (TPSA) is 95.5 Å². The van der Waals surface area contributed by atoms with Crippen LogP contribution >= 0.6 is 0 Å². The lowest BCUT2D eigenvalue weighted by Crippen LogP contribution is -2.39. The van der Waals surface area contributed by atoms with Crippen LogP contribution in [0.2, 0.25) is 0 Å². The van der Waals surface area contributed by atoms with Crippen LogP contribution < -0.4 is 10.1 Å². The Morgan fingerprint density at radius 2 is 2.17 bits per heavy atom. The molecule has 1 amide bonds. The summed E-state index contributed by atoms with van der Waals surface area (Å²) < 4.78 is 7.65. The van der Waals surface area contributed by atoms with Crippen LogP contribution in [0.5, 0.6) is 5.75 Å². The van der Waals surface area contributed by atoms with Crippen LogP contribution in [0.3, 0.4) is 0 Å². The maximum absolute atomic E-state index is 12.6. The summed E-state index contributed by atoms with van der Waals surface area (Å²) in [6, 6.07) is 9.51. The number of nitrogens with zero attached hydrogens (tertiary/aromatic N) is 5. The van der Waals surface area contributed by atoms with Gasteiger partial charge in [-0.1, -0.05) is 6.07 Å². The molecule has 1 saturated carbocycles. The van der Waals surface area contributed by atoms with E-state index >= 15 is 0 Å². The van der Waals surface area contributed by atoms with Gasteiger partial charge in [0.15, 0.2) is 5.65 Å². The second kappa shape index (κ2) is 7.09. The number of carbonyl (C=O) groups is 1. The molecule has 5 rings (SSSR count). The van der Waals surface area contributed by atoms with Gasteiger partial charge in [-0.05, 0) is 36.6 Å². The number of carbonyl (C=O) groups excluding carboxylic acids is 1. The molecule has 1 fully saturated rings. The van der Waals surface area contributed by atoms with Crippen molar-refractivity contribution in [3.05, 3.63) is 42.2 Å². The Morgan fingerprint density at radius 3 is 3.00 bits per heavy atom. The summed E-state index contributed by atoms with van der Waals surface area (Å²) in [5, 5.41) is 17.1. The molecule has 0 spiro atoms. The van der Waals surface area contributed by atoms with Gasteiger partial charge in [0.1, 0.15) is 24.2 Å². The van der Waals surface area contributed by atoms with Crippen molar-refractivity contribution in [2.45, 2.75) is 12.8 Å². The normalized spacial score (nSPS) is 16.6. The van der Waals surface area contributed by atoms with Crippen molar-refractivity contribution in [3.8, 4) is 22.9 Å². The van der Waals surface area contributed by atoms with Crippen molar-refractivity contribution in [1.29, 1.82) is 5.26 Å². The maximum Gasteiger partial charge on any atom is 0.225 e. The fourth-order valence-corrected chi connectivity index (χ4v) is 3.58. The van der Waals surface area contributed by atoms with E-state index in [0.717, 1.165) is 29.8 Å². The van der Waals surface area contributed by atoms with Crippen LogP contribution in [0.1, 0.15) is 18.4 Å². The fourth-order valence-electron chi connectivity index (χ4n) is 3.58. The van der Waals surface area contributed by atoms with E-state index < -0.39 is 0 Å². The van der Waals surface area contributed by atoms with Gasteiger partial charge in [0.25, 0.3) is 0 Å². The van der Waals surface area contributed by atoms with Gasteiger partial charge in [0.05, 0.1) is 18.3 Å². The third-order valence-electron chi connectivity index (χ3n) is 5.33. The van der Waals surface area contributed by atoms with Gasteiger partial charge < -0.3 is 15.0 Å². The van der Waals surface area contributed by atoms with E-state index in [2.05, 4.69) is 16.5 Å². The van der Waals surface area contributed by atoms with E-state index in [1.165, 1.54) is 0 Å². The number of hydrogen-bond acceptors (Lipinski definition) is 6. The van der Waals surface area contributed by atoms with Crippen LogP contribution in [0, 0.1) is 17.2 Å². The highest BCUT2D eigenvalue weighted by Gasteiger charge is 2.33. The summed E-state index contributed by atoms with van der Waals surface area (Å²) in [4.78, 5) is 19.2. The van der Waals surface area contributed by atoms with Crippen LogP contribution in [0.15, 0.2) is 36.7 Å². The number of anilines is 1. The summed E-state index contributed by atoms with van der Waals surface area (Å²) in [6.45, 7) is 1.99. The molecule has 29 heavy (non-hydrogen) atoms. The Labute approximate surface area is 167 Å². The monoisotopic (exact) mass is 388 g/mol. The SMILES string of the molecule is N#Cc1ccc2cc1OCCN(C(=O)C1CC1)CCNc1ccn3ncc-2c3n1. The minimum atomic E-state index is 0.149. The van der Waals surface area contributed by atoms with E-state index in [9.17, 15) is 10.1 Å². The van der Waals surface area contributed by atoms with Gasteiger partial charge in [-0.25, -0.2) is 9.50 Å². The number of ether oxygens (including phenoxy) is 1. The van der Waals surface area contributed by atoms with Crippen molar-refractivity contribution in [1.82, 2.24) is 19.5 Å². The minimum Gasteiger partial charge on any atom is -0.490 e. The molecule has 3 heterocycles. The lowest BCUT2D eigenvalue weighted by atomic mass is 10.1. The number of hydrogen-bond donors (Lipinski definition) is 1. The van der Waals surface area contributed by atoms with Gasteiger partial charge in [0, 0.05) is 30.8 Å². The zero-order chi connectivity index (χ0) is 19.8. The fraction of sp³-hybridized carbons (Fsp3) is 0.333. The van der Waals surface area contributed by atoms with Crippen molar-refractivity contribution in [3.63, 3.8) is 0 Å². The molecule has 4 bridgehead atoms. The van der Waals surface area contributed by atoms with Crippen LogP contribution in [0.4, 0.5) is 5.82 Å². The van der Waals surface area contributed by atoms with Gasteiger partial charge in [-0.15, -0.1) is 0 Å². The molecule has 1 aliphatic heterocycles.